The minimum absolute atomic E-state index is 0.0251. The van der Waals surface area contributed by atoms with E-state index in [0.717, 1.165) is 42.9 Å². The average Bonchev–Trinajstić information content (AvgIpc) is 2.69. The zero-order chi connectivity index (χ0) is 18.4. The topological polar surface area (TPSA) is 67.6 Å². The lowest BCUT2D eigenvalue weighted by Crippen LogP contribution is -2.45. The fraction of sp³-hybridized carbons (Fsp3) is 0.381. The van der Waals surface area contributed by atoms with Gasteiger partial charge in [0.1, 0.15) is 5.75 Å². The van der Waals surface area contributed by atoms with Crippen molar-refractivity contribution in [2.24, 2.45) is 5.73 Å². The van der Waals surface area contributed by atoms with Gasteiger partial charge in [0, 0.05) is 31.6 Å². The highest BCUT2D eigenvalue weighted by Crippen LogP contribution is 2.29. The van der Waals surface area contributed by atoms with Crippen molar-refractivity contribution in [3.05, 3.63) is 60.2 Å². The second kappa shape index (κ2) is 8.72. The molecule has 1 unspecified atom stereocenters. The van der Waals surface area contributed by atoms with E-state index < -0.39 is 0 Å². The third kappa shape index (κ3) is 4.55. The number of nitrogens with zero attached hydrogens (tertiary/aromatic N) is 1. The largest absolute Gasteiger partial charge is 0.495 e. The highest BCUT2D eigenvalue weighted by molar-refractivity contribution is 5.77. The van der Waals surface area contributed by atoms with Crippen molar-refractivity contribution in [3.63, 3.8) is 0 Å². The molecule has 0 aromatic heterocycles. The molecule has 1 amide bonds. The predicted molar refractivity (Wildman–Crippen MR) is 104 cm³/mol. The number of piperidine rings is 1. The van der Waals surface area contributed by atoms with Crippen LogP contribution in [0.2, 0.25) is 0 Å². The molecule has 1 saturated heterocycles. The van der Waals surface area contributed by atoms with Crippen molar-refractivity contribution in [1.29, 1.82) is 0 Å². The van der Waals surface area contributed by atoms with Crippen LogP contribution < -0.4 is 20.7 Å². The number of carbonyl (C=O) groups is 1. The number of rotatable bonds is 6. The maximum Gasteiger partial charge on any atom is 0.222 e. The number of amides is 1. The monoisotopic (exact) mass is 353 g/mol. The molecule has 5 heteroatoms. The molecule has 1 atom stereocenters. The molecule has 3 rings (SSSR count). The number of methoxy groups -OCH3 is 1. The fourth-order valence-corrected chi connectivity index (χ4v) is 3.46. The molecule has 0 radical (unpaired) electrons. The molecule has 1 aliphatic heterocycles. The fourth-order valence-electron chi connectivity index (χ4n) is 3.46. The number of benzene rings is 2. The number of ether oxygens (including phenoxy) is 1. The molecule has 5 nitrogen and oxygen atoms in total. The van der Waals surface area contributed by atoms with Gasteiger partial charge in [-0.3, -0.25) is 4.79 Å². The van der Waals surface area contributed by atoms with Crippen LogP contribution in [0, 0.1) is 0 Å². The molecule has 1 aliphatic rings. The summed E-state index contributed by atoms with van der Waals surface area (Å²) in [4.78, 5) is 14.6. The molecule has 1 heterocycles. The van der Waals surface area contributed by atoms with Crippen LogP contribution in [-0.2, 0) is 4.79 Å². The number of carbonyl (C=O) groups excluding carboxylic acids is 1. The van der Waals surface area contributed by atoms with Gasteiger partial charge >= 0.3 is 0 Å². The van der Waals surface area contributed by atoms with Gasteiger partial charge in [0.2, 0.25) is 5.91 Å². The van der Waals surface area contributed by atoms with E-state index in [2.05, 4.69) is 16.3 Å². The van der Waals surface area contributed by atoms with Crippen molar-refractivity contribution in [2.75, 3.05) is 25.1 Å². The third-order valence-corrected chi connectivity index (χ3v) is 4.92. The molecule has 3 N–H and O–H groups in total. The number of anilines is 1. The van der Waals surface area contributed by atoms with Crippen LogP contribution in [0.25, 0.3) is 0 Å². The first-order valence-corrected chi connectivity index (χ1v) is 9.15. The Morgan fingerprint density at radius 3 is 2.50 bits per heavy atom. The van der Waals surface area contributed by atoms with Crippen LogP contribution in [0.5, 0.6) is 5.75 Å². The standard InChI is InChI=1S/C21H27N3O2/c1-26-20-10-6-5-9-19(20)24-13-11-17(12-14-24)23-21(25)15-18(22)16-7-3-2-4-8-16/h2-10,17-18H,11-15,22H2,1H3,(H,23,25). The number of nitrogens with two attached hydrogens (primary N) is 1. The van der Waals surface area contributed by atoms with Crippen LogP contribution in [0.4, 0.5) is 5.69 Å². The minimum atomic E-state index is -0.259. The van der Waals surface area contributed by atoms with E-state index in [1.165, 1.54) is 0 Å². The lowest BCUT2D eigenvalue weighted by molar-refractivity contribution is -0.122. The van der Waals surface area contributed by atoms with E-state index >= 15 is 0 Å². The highest BCUT2D eigenvalue weighted by atomic mass is 16.5. The van der Waals surface area contributed by atoms with Crippen molar-refractivity contribution >= 4 is 11.6 Å². The quantitative estimate of drug-likeness (QED) is 0.838. The molecule has 138 valence electrons. The second-order valence-electron chi connectivity index (χ2n) is 6.72. The van der Waals surface area contributed by atoms with Gasteiger partial charge in [-0.15, -0.1) is 0 Å². The minimum Gasteiger partial charge on any atom is -0.495 e. The average molecular weight is 353 g/mol. The van der Waals surface area contributed by atoms with Crippen molar-refractivity contribution in [1.82, 2.24) is 5.32 Å². The maximum atomic E-state index is 12.3. The third-order valence-electron chi connectivity index (χ3n) is 4.92. The van der Waals surface area contributed by atoms with Gasteiger partial charge in [-0.25, -0.2) is 0 Å². The summed E-state index contributed by atoms with van der Waals surface area (Å²) >= 11 is 0. The van der Waals surface area contributed by atoms with Crippen molar-refractivity contribution < 1.29 is 9.53 Å². The summed E-state index contributed by atoms with van der Waals surface area (Å²) in [6.45, 7) is 1.80. The summed E-state index contributed by atoms with van der Waals surface area (Å²) in [5.74, 6) is 0.918. The predicted octanol–water partition coefficient (Wildman–Crippen LogP) is 2.87. The Kier molecular flexibility index (Phi) is 6.12. The van der Waals surface area contributed by atoms with Crippen molar-refractivity contribution in [3.8, 4) is 5.75 Å². The SMILES string of the molecule is COc1ccccc1N1CCC(NC(=O)CC(N)c2ccccc2)CC1. The molecule has 2 aromatic rings. The Morgan fingerprint density at radius 2 is 1.81 bits per heavy atom. The summed E-state index contributed by atoms with van der Waals surface area (Å²) in [5.41, 5.74) is 8.26. The Bertz CT molecular complexity index is 712. The zero-order valence-electron chi connectivity index (χ0n) is 15.2. The van der Waals surface area contributed by atoms with E-state index in [9.17, 15) is 4.79 Å². The summed E-state index contributed by atoms with van der Waals surface area (Å²) in [5, 5.41) is 3.14. The first-order valence-electron chi connectivity index (χ1n) is 9.15. The van der Waals surface area contributed by atoms with Crippen LogP contribution in [0.1, 0.15) is 30.9 Å². The smallest absolute Gasteiger partial charge is 0.222 e. The van der Waals surface area contributed by atoms with Gasteiger partial charge in [0.15, 0.2) is 0 Å². The Morgan fingerprint density at radius 1 is 1.15 bits per heavy atom. The molecular weight excluding hydrogens is 326 g/mol. The Hall–Kier alpha value is -2.53. The summed E-state index contributed by atoms with van der Waals surface area (Å²) in [6.07, 6.45) is 2.16. The van der Waals surface area contributed by atoms with E-state index in [-0.39, 0.29) is 18.0 Å². The molecular formula is C21H27N3O2. The van der Waals surface area contributed by atoms with Crippen LogP contribution in [0.3, 0.4) is 0 Å². The van der Waals surface area contributed by atoms with Gasteiger partial charge in [0.05, 0.1) is 12.8 Å². The zero-order valence-corrected chi connectivity index (χ0v) is 15.2. The molecule has 2 aromatic carbocycles. The molecule has 1 fully saturated rings. The van der Waals surface area contributed by atoms with Crippen LogP contribution >= 0.6 is 0 Å². The molecule has 0 saturated carbocycles. The van der Waals surface area contributed by atoms with Gasteiger partial charge in [0.25, 0.3) is 0 Å². The molecule has 0 spiro atoms. The summed E-state index contributed by atoms with van der Waals surface area (Å²) in [7, 11) is 1.70. The maximum absolute atomic E-state index is 12.3. The molecule has 0 bridgehead atoms. The van der Waals surface area contributed by atoms with Crippen LogP contribution in [-0.4, -0.2) is 32.1 Å². The number of hydrogen-bond acceptors (Lipinski definition) is 4. The van der Waals surface area contributed by atoms with Crippen molar-refractivity contribution in [2.45, 2.75) is 31.3 Å². The van der Waals surface area contributed by atoms with Gasteiger partial charge < -0.3 is 20.7 Å². The Balaban J connectivity index is 1.48. The van der Waals surface area contributed by atoms with Crippen LogP contribution in [0.15, 0.2) is 54.6 Å². The molecule has 0 aliphatic carbocycles. The summed E-state index contributed by atoms with van der Waals surface area (Å²) < 4.78 is 5.45. The highest BCUT2D eigenvalue weighted by Gasteiger charge is 2.23. The second-order valence-corrected chi connectivity index (χ2v) is 6.72. The Labute approximate surface area is 155 Å². The van der Waals surface area contributed by atoms with Gasteiger partial charge in [-0.2, -0.15) is 0 Å². The summed E-state index contributed by atoms with van der Waals surface area (Å²) in [6, 6.07) is 17.8. The number of para-hydroxylation sites is 2. The van der Waals surface area contributed by atoms with E-state index in [0.29, 0.717) is 6.42 Å². The lowest BCUT2D eigenvalue weighted by Gasteiger charge is -2.34. The lowest BCUT2D eigenvalue weighted by atomic mass is 10.0. The van der Waals surface area contributed by atoms with E-state index in [1.54, 1.807) is 7.11 Å². The van der Waals surface area contributed by atoms with Gasteiger partial charge in [-0.05, 0) is 30.5 Å². The molecule has 26 heavy (non-hydrogen) atoms. The number of nitrogens with one attached hydrogen (secondary N) is 1. The first kappa shape index (κ1) is 18.3. The first-order chi connectivity index (χ1) is 12.7. The van der Waals surface area contributed by atoms with E-state index in [4.69, 9.17) is 10.5 Å². The van der Waals surface area contributed by atoms with Gasteiger partial charge in [-0.1, -0.05) is 42.5 Å². The number of hydrogen-bond donors (Lipinski definition) is 2. The van der Waals surface area contributed by atoms with E-state index in [1.807, 2.05) is 48.5 Å². The normalized spacial score (nSPS) is 16.2.